The van der Waals surface area contributed by atoms with Gasteiger partial charge in [-0.25, -0.2) is 0 Å². The van der Waals surface area contributed by atoms with Gasteiger partial charge in [-0.3, -0.25) is 4.79 Å². The number of carbonyl (C=O) groups is 1. The van der Waals surface area contributed by atoms with Crippen LogP contribution >= 0.6 is 11.3 Å². The largest absolute Gasteiger partial charge is 0.355 e. The molecule has 0 spiro atoms. The highest BCUT2D eigenvalue weighted by atomic mass is 32.1. The van der Waals surface area contributed by atoms with Gasteiger partial charge in [-0.2, -0.15) is 4.98 Å². The summed E-state index contributed by atoms with van der Waals surface area (Å²) in [5, 5.41) is 8.51. The molecule has 0 aromatic carbocycles. The SMILES string of the molecule is NCCNC(=O)CCc1nc(-c2cccs2)no1. The van der Waals surface area contributed by atoms with Crippen LogP contribution in [0.2, 0.25) is 0 Å². The maximum Gasteiger partial charge on any atom is 0.227 e. The van der Waals surface area contributed by atoms with Crippen molar-refractivity contribution in [2.24, 2.45) is 5.73 Å². The summed E-state index contributed by atoms with van der Waals surface area (Å²) in [4.78, 5) is 16.5. The van der Waals surface area contributed by atoms with Crippen LogP contribution in [0, 0.1) is 0 Å². The number of nitrogens with two attached hydrogens (primary N) is 1. The lowest BCUT2D eigenvalue weighted by Crippen LogP contribution is -2.29. The summed E-state index contributed by atoms with van der Waals surface area (Å²) >= 11 is 1.55. The molecule has 3 N–H and O–H groups in total. The van der Waals surface area contributed by atoms with Crippen molar-refractivity contribution in [3.63, 3.8) is 0 Å². The van der Waals surface area contributed by atoms with Crippen molar-refractivity contribution in [2.45, 2.75) is 12.8 Å². The Labute approximate surface area is 108 Å². The standard InChI is InChI=1S/C11H14N4O2S/c12-5-6-13-9(16)3-4-10-14-11(15-17-10)8-2-1-7-18-8/h1-2,7H,3-6,12H2,(H,13,16). The van der Waals surface area contributed by atoms with Crippen LogP contribution in [0.1, 0.15) is 12.3 Å². The van der Waals surface area contributed by atoms with Crippen LogP contribution in [-0.2, 0) is 11.2 Å². The summed E-state index contributed by atoms with van der Waals surface area (Å²) in [6.07, 6.45) is 0.765. The lowest BCUT2D eigenvalue weighted by atomic mass is 10.3. The maximum atomic E-state index is 11.4. The lowest BCUT2D eigenvalue weighted by Gasteiger charge is -2.00. The number of rotatable bonds is 6. The fourth-order valence-corrected chi connectivity index (χ4v) is 2.03. The molecule has 0 aliphatic carbocycles. The third-order valence-corrected chi connectivity index (χ3v) is 3.11. The number of amides is 1. The number of nitrogens with one attached hydrogen (secondary N) is 1. The minimum atomic E-state index is -0.0590. The zero-order valence-corrected chi connectivity index (χ0v) is 10.6. The Balaban J connectivity index is 1.86. The highest BCUT2D eigenvalue weighted by Gasteiger charge is 2.10. The second-order valence-electron chi connectivity index (χ2n) is 3.63. The van der Waals surface area contributed by atoms with Gasteiger partial charge in [0.15, 0.2) is 0 Å². The molecule has 0 aliphatic rings. The molecule has 1 amide bonds. The molecule has 0 fully saturated rings. The fraction of sp³-hybridized carbons (Fsp3) is 0.364. The maximum absolute atomic E-state index is 11.4. The van der Waals surface area contributed by atoms with E-state index < -0.39 is 0 Å². The van der Waals surface area contributed by atoms with Crippen molar-refractivity contribution in [3.05, 3.63) is 23.4 Å². The van der Waals surface area contributed by atoms with Crippen LogP contribution in [0.15, 0.2) is 22.0 Å². The van der Waals surface area contributed by atoms with Crippen molar-refractivity contribution in [2.75, 3.05) is 13.1 Å². The van der Waals surface area contributed by atoms with Crippen LogP contribution < -0.4 is 11.1 Å². The van der Waals surface area contributed by atoms with Crippen LogP contribution in [0.3, 0.4) is 0 Å². The molecule has 0 radical (unpaired) electrons. The molecular formula is C11H14N4O2S. The van der Waals surface area contributed by atoms with E-state index in [1.807, 2.05) is 17.5 Å². The Kier molecular flexibility index (Phi) is 4.43. The molecule has 0 bridgehead atoms. The molecule has 0 atom stereocenters. The van der Waals surface area contributed by atoms with Crippen molar-refractivity contribution in [1.29, 1.82) is 0 Å². The van der Waals surface area contributed by atoms with Gasteiger partial charge in [0.2, 0.25) is 17.6 Å². The van der Waals surface area contributed by atoms with Gasteiger partial charge in [-0.1, -0.05) is 11.2 Å². The molecule has 2 heterocycles. The molecule has 2 rings (SSSR count). The predicted octanol–water partition coefficient (Wildman–Crippen LogP) is 0.806. The van der Waals surface area contributed by atoms with E-state index in [-0.39, 0.29) is 5.91 Å². The van der Waals surface area contributed by atoms with E-state index in [0.29, 0.717) is 37.6 Å². The summed E-state index contributed by atoms with van der Waals surface area (Å²) in [5.41, 5.74) is 5.29. The molecule has 2 aromatic rings. The van der Waals surface area contributed by atoms with E-state index in [1.54, 1.807) is 11.3 Å². The zero-order valence-electron chi connectivity index (χ0n) is 9.76. The number of hydrogen-bond donors (Lipinski definition) is 2. The Hall–Kier alpha value is -1.73. The van der Waals surface area contributed by atoms with Crippen LogP contribution in [0.5, 0.6) is 0 Å². The van der Waals surface area contributed by atoms with Crippen molar-refractivity contribution in [1.82, 2.24) is 15.5 Å². The smallest absolute Gasteiger partial charge is 0.227 e. The van der Waals surface area contributed by atoms with Gasteiger partial charge in [0, 0.05) is 25.9 Å². The first kappa shape index (κ1) is 12.7. The van der Waals surface area contributed by atoms with Gasteiger partial charge < -0.3 is 15.6 Å². The average Bonchev–Trinajstić information content (AvgIpc) is 3.03. The number of hydrogen-bond acceptors (Lipinski definition) is 6. The third kappa shape index (κ3) is 3.38. The van der Waals surface area contributed by atoms with Gasteiger partial charge in [0.1, 0.15) is 0 Å². The van der Waals surface area contributed by atoms with Crippen molar-refractivity contribution >= 4 is 17.2 Å². The Bertz CT molecular complexity index is 495. The Morgan fingerprint density at radius 3 is 3.17 bits per heavy atom. The summed E-state index contributed by atoms with van der Waals surface area (Å²) in [6.45, 7) is 0.929. The van der Waals surface area contributed by atoms with Crippen molar-refractivity contribution < 1.29 is 9.32 Å². The first-order chi connectivity index (χ1) is 8.79. The normalized spacial score (nSPS) is 10.5. The molecule has 0 saturated heterocycles. The quantitative estimate of drug-likeness (QED) is 0.806. The molecule has 0 unspecified atom stereocenters. The minimum absolute atomic E-state index is 0.0590. The van der Waals surface area contributed by atoms with Crippen molar-refractivity contribution in [3.8, 4) is 10.7 Å². The molecular weight excluding hydrogens is 252 g/mol. The number of aryl methyl sites for hydroxylation is 1. The third-order valence-electron chi connectivity index (χ3n) is 2.24. The molecule has 0 aliphatic heterocycles. The number of thiophene rings is 1. The number of carbonyl (C=O) groups excluding carboxylic acids is 1. The van der Waals surface area contributed by atoms with E-state index >= 15 is 0 Å². The molecule has 7 heteroatoms. The Morgan fingerprint density at radius 1 is 1.56 bits per heavy atom. The van der Waals surface area contributed by atoms with Crippen LogP contribution in [-0.4, -0.2) is 29.1 Å². The van der Waals surface area contributed by atoms with E-state index in [2.05, 4.69) is 15.5 Å². The van der Waals surface area contributed by atoms with Crippen LogP contribution in [0.25, 0.3) is 10.7 Å². The van der Waals surface area contributed by atoms with Gasteiger partial charge >= 0.3 is 0 Å². The fourth-order valence-electron chi connectivity index (χ4n) is 1.38. The lowest BCUT2D eigenvalue weighted by molar-refractivity contribution is -0.121. The summed E-state index contributed by atoms with van der Waals surface area (Å²) < 4.78 is 5.08. The zero-order chi connectivity index (χ0) is 12.8. The Morgan fingerprint density at radius 2 is 2.44 bits per heavy atom. The average molecular weight is 266 g/mol. The van der Waals surface area contributed by atoms with Gasteiger partial charge in [0.25, 0.3) is 0 Å². The molecule has 2 aromatic heterocycles. The molecule has 6 nitrogen and oxygen atoms in total. The highest BCUT2D eigenvalue weighted by molar-refractivity contribution is 7.13. The van der Waals surface area contributed by atoms with Gasteiger partial charge in [-0.15, -0.1) is 11.3 Å². The monoisotopic (exact) mass is 266 g/mol. The number of aromatic nitrogens is 2. The summed E-state index contributed by atoms with van der Waals surface area (Å²) in [5.74, 6) is 0.986. The van der Waals surface area contributed by atoms with E-state index in [0.717, 1.165) is 4.88 Å². The second kappa shape index (κ2) is 6.27. The first-order valence-corrected chi connectivity index (χ1v) is 6.51. The molecule has 0 saturated carbocycles. The van der Waals surface area contributed by atoms with Crippen LogP contribution in [0.4, 0.5) is 0 Å². The highest BCUT2D eigenvalue weighted by Crippen LogP contribution is 2.21. The molecule has 96 valence electrons. The van der Waals surface area contributed by atoms with E-state index in [4.69, 9.17) is 10.3 Å². The minimum Gasteiger partial charge on any atom is -0.355 e. The topological polar surface area (TPSA) is 94.0 Å². The summed E-state index contributed by atoms with van der Waals surface area (Å²) in [7, 11) is 0. The van der Waals surface area contributed by atoms with E-state index in [1.165, 1.54) is 0 Å². The van der Waals surface area contributed by atoms with Gasteiger partial charge in [-0.05, 0) is 11.4 Å². The van der Waals surface area contributed by atoms with E-state index in [9.17, 15) is 4.79 Å². The van der Waals surface area contributed by atoms with Gasteiger partial charge in [0.05, 0.1) is 4.88 Å². The number of nitrogens with zero attached hydrogens (tertiary/aromatic N) is 2. The molecule has 18 heavy (non-hydrogen) atoms. The summed E-state index contributed by atoms with van der Waals surface area (Å²) in [6, 6.07) is 3.85. The predicted molar refractivity (Wildman–Crippen MR) is 68.0 cm³/mol. The first-order valence-electron chi connectivity index (χ1n) is 5.63. The second-order valence-corrected chi connectivity index (χ2v) is 4.58.